The highest BCUT2D eigenvalue weighted by Crippen LogP contribution is 2.47. The molecule has 4 aliphatic rings. The van der Waals surface area contributed by atoms with Gasteiger partial charge in [0.1, 0.15) is 0 Å². The van der Waals surface area contributed by atoms with Crippen LogP contribution in [0, 0.1) is 17.8 Å². The zero-order valence-corrected chi connectivity index (χ0v) is 18.2. The second kappa shape index (κ2) is 7.50. The molecule has 4 fully saturated rings. The minimum atomic E-state index is -2.82. The van der Waals surface area contributed by atoms with Crippen molar-refractivity contribution in [2.45, 2.75) is 51.4 Å². The molecular weight excluding hydrogens is 453 g/mol. The first-order valence-electron chi connectivity index (χ1n) is 9.33. The number of hydrogen-bond acceptors (Lipinski definition) is 4. The lowest BCUT2D eigenvalue weighted by atomic mass is 9.82. The summed E-state index contributed by atoms with van der Waals surface area (Å²) in [5, 5.41) is 3.49. The topological polar surface area (TPSA) is 71.0 Å². The lowest BCUT2D eigenvalue weighted by Crippen LogP contribution is -2.44. The van der Waals surface area contributed by atoms with Gasteiger partial charge in [0, 0.05) is 37.5 Å². The molecule has 0 radical (unpaired) electrons. The minimum Gasteiger partial charge on any atom is -0.374 e. The summed E-state index contributed by atoms with van der Waals surface area (Å²) >= 11 is 0. The smallest absolute Gasteiger partial charge is 0.194 e. The molecule has 0 saturated carbocycles. The SMILES string of the molecule is CC(C)NC(=NCC1CCS(=O)(=O)C1)N1CC2C3CCC(O3)C2C1.I. The van der Waals surface area contributed by atoms with E-state index in [1.165, 1.54) is 12.8 Å². The van der Waals surface area contributed by atoms with Gasteiger partial charge in [-0.2, -0.15) is 0 Å². The van der Waals surface area contributed by atoms with Crippen LogP contribution in [-0.2, 0) is 14.6 Å². The fourth-order valence-corrected chi connectivity index (χ4v) is 6.71. The van der Waals surface area contributed by atoms with Gasteiger partial charge in [0.25, 0.3) is 0 Å². The molecule has 144 valence electrons. The van der Waals surface area contributed by atoms with Crippen LogP contribution >= 0.6 is 24.0 Å². The molecule has 1 N–H and O–H groups in total. The van der Waals surface area contributed by atoms with Crippen molar-refractivity contribution in [3.8, 4) is 0 Å². The molecule has 0 aliphatic carbocycles. The van der Waals surface area contributed by atoms with E-state index in [9.17, 15) is 8.42 Å². The number of guanidine groups is 1. The van der Waals surface area contributed by atoms with Crippen molar-refractivity contribution in [3.05, 3.63) is 0 Å². The van der Waals surface area contributed by atoms with Crippen LogP contribution in [0.3, 0.4) is 0 Å². The summed E-state index contributed by atoms with van der Waals surface area (Å²) in [7, 11) is -2.82. The number of rotatable bonds is 3. The zero-order chi connectivity index (χ0) is 16.9. The third kappa shape index (κ3) is 4.10. The van der Waals surface area contributed by atoms with Crippen molar-refractivity contribution in [2.75, 3.05) is 31.1 Å². The second-order valence-electron chi connectivity index (χ2n) is 8.26. The molecule has 0 aromatic heterocycles. The van der Waals surface area contributed by atoms with Gasteiger partial charge >= 0.3 is 0 Å². The molecule has 0 amide bonds. The van der Waals surface area contributed by atoms with Crippen molar-refractivity contribution in [2.24, 2.45) is 22.7 Å². The number of hydrogen-bond donors (Lipinski definition) is 1. The van der Waals surface area contributed by atoms with Gasteiger partial charge in [-0.3, -0.25) is 4.99 Å². The van der Waals surface area contributed by atoms with E-state index in [0.717, 1.165) is 25.5 Å². The van der Waals surface area contributed by atoms with E-state index in [-0.39, 0.29) is 29.9 Å². The number of nitrogens with zero attached hydrogens (tertiary/aromatic N) is 2. The van der Waals surface area contributed by atoms with Crippen molar-refractivity contribution in [3.63, 3.8) is 0 Å². The number of nitrogens with one attached hydrogen (secondary N) is 1. The van der Waals surface area contributed by atoms with Gasteiger partial charge in [-0.25, -0.2) is 8.42 Å². The molecule has 5 atom stereocenters. The van der Waals surface area contributed by atoms with Gasteiger partial charge in [-0.1, -0.05) is 0 Å². The van der Waals surface area contributed by atoms with E-state index in [4.69, 9.17) is 9.73 Å². The fraction of sp³-hybridized carbons (Fsp3) is 0.941. The summed E-state index contributed by atoms with van der Waals surface area (Å²) in [5.74, 6) is 3.07. The van der Waals surface area contributed by atoms with E-state index >= 15 is 0 Å². The van der Waals surface area contributed by atoms with Crippen LogP contribution in [-0.4, -0.2) is 68.7 Å². The van der Waals surface area contributed by atoms with Gasteiger partial charge in [0.15, 0.2) is 15.8 Å². The fourth-order valence-electron chi connectivity index (χ4n) is 4.86. The van der Waals surface area contributed by atoms with E-state index in [0.29, 0.717) is 48.1 Å². The van der Waals surface area contributed by atoms with Crippen molar-refractivity contribution in [1.82, 2.24) is 10.2 Å². The predicted molar refractivity (Wildman–Crippen MR) is 109 cm³/mol. The molecule has 6 nitrogen and oxygen atoms in total. The van der Waals surface area contributed by atoms with Crippen LogP contribution in [0.1, 0.15) is 33.1 Å². The molecule has 2 bridgehead atoms. The van der Waals surface area contributed by atoms with Crippen molar-refractivity contribution in [1.29, 1.82) is 0 Å². The molecule has 0 aromatic rings. The van der Waals surface area contributed by atoms with Crippen LogP contribution in [0.2, 0.25) is 0 Å². The highest BCUT2D eigenvalue weighted by Gasteiger charge is 2.53. The molecular formula is C17H30IN3O3S. The van der Waals surface area contributed by atoms with Crippen LogP contribution in [0.25, 0.3) is 0 Å². The third-order valence-electron chi connectivity index (χ3n) is 6.00. The molecule has 0 spiro atoms. The molecule has 0 aromatic carbocycles. The standard InChI is InChI=1S/C17H29N3O3S.HI/c1-11(2)19-17(18-7-12-5-6-24(21,22)10-12)20-8-13-14(9-20)16-4-3-15(13)23-16;/h11-16H,3-10H2,1-2H3,(H,18,19);1H. The Labute approximate surface area is 168 Å². The molecule has 4 rings (SSSR count). The largest absolute Gasteiger partial charge is 0.374 e. The first-order chi connectivity index (χ1) is 11.4. The summed E-state index contributed by atoms with van der Waals surface area (Å²) in [6, 6.07) is 0.324. The van der Waals surface area contributed by atoms with Crippen LogP contribution in [0.5, 0.6) is 0 Å². The first kappa shape index (κ1) is 19.7. The van der Waals surface area contributed by atoms with Gasteiger partial charge < -0.3 is 15.0 Å². The predicted octanol–water partition coefficient (Wildman–Crippen LogP) is 1.50. The lowest BCUT2D eigenvalue weighted by molar-refractivity contribution is 0.0766. The van der Waals surface area contributed by atoms with E-state index < -0.39 is 9.84 Å². The van der Waals surface area contributed by atoms with Crippen LogP contribution in [0.15, 0.2) is 4.99 Å². The molecule has 5 unspecified atom stereocenters. The maximum atomic E-state index is 11.6. The Balaban J connectivity index is 0.00000182. The quantitative estimate of drug-likeness (QED) is 0.375. The molecule has 8 heteroatoms. The van der Waals surface area contributed by atoms with Gasteiger partial charge in [-0.05, 0) is 39.0 Å². The number of sulfone groups is 1. The Bertz CT molecular complexity index is 607. The average molecular weight is 483 g/mol. The Hall–Kier alpha value is -0.0900. The Morgan fingerprint density at radius 1 is 1.20 bits per heavy atom. The van der Waals surface area contributed by atoms with Crippen LogP contribution in [0.4, 0.5) is 0 Å². The van der Waals surface area contributed by atoms with Crippen LogP contribution < -0.4 is 5.32 Å². The lowest BCUT2D eigenvalue weighted by Gasteiger charge is -2.25. The van der Waals surface area contributed by atoms with Gasteiger partial charge in [-0.15, -0.1) is 24.0 Å². The zero-order valence-electron chi connectivity index (χ0n) is 15.1. The average Bonchev–Trinajstić information content (AvgIpc) is 3.23. The Kier molecular flexibility index (Phi) is 5.90. The summed E-state index contributed by atoms with van der Waals surface area (Å²) < 4.78 is 29.3. The molecule has 4 heterocycles. The maximum absolute atomic E-state index is 11.6. The normalized spacial score (nSPS) is 38.9. The maximum Gasteiger partial charge on any atom is 0.194 e. The molecule has 25 heavy (non-hydrogen) atoms. The molecule has 4 aliphatic heterocycles. The van der Waals surface area contributed by atoms with Gasteiger partial charge in [0.05, 0.1) is 23.7 Å². The van der Waals surface area contributed by atoms with E-state index in [2.05, 4.69) is 24.1 Å². The summed E-state index contributed by atoms with van der Waals surface area (Å²) in [4.78, 5) is 7.20. The van der Waals surface area contributed by atoms with Gasteiger partial charge in [0.2, 0.25) is 0 Å². The Morgan fingerprint density at radius 2 is 1.84 bits per heavy atom. The number of fused-ring (bicyclic) bond motifs is 5. The number of likely N-dealkylation sites (tertiary alicyclic amines) is 1. The highest BCUT2D eigenvalue weighted by molar-refractivity contribution is 14.0. The van der Waals surface area contributed by atoms with Crippen molar-refractivity contribution < 1.29 is 13.2 Å². The van der Waals surface area contributed by atoms with E-state index in [1.807, 2.05) is 0 Å². The van der Waals surface area contributed by atoms with E-state index in [1.54, 1.807) is 0 Å². The molecule has 4 saturated heterocycles. The summed E-state index contributed by atoms with van der Waals surface area (Å²) in [6.07, 6.45) is 4.08. The summed E-state index contributed by atoms with van der Waals surface area (Å²) in [6.45, 7) is 6.91. The monoisotopic (exact) mass is 483 g/mol. The summed E-state index contributed by atoms with van der Waals surface area (Å²) in [5.41, 5.74) is 0. The third-order valence-corrected chi connectivity index (χ3v) is 7.83. The second-order valence-corrected chi connectivity index (χ2v) is 10.5. The number of halogens is 1. The minimum absolute atomic E-state index is 0. The van der Waals surface area contributed by atoms with Crippen molar-refractivity contribution >= 4 is 39.8 Å². The highest BCUT2D eigenvalue weighted by atomic mass is 127. The Morgan fingerprint density at radius 3 is 2.36 bits per heavy atom. The first-order valence-corrected chi connectivity index (χ1v) is 11.2. The number of ether oxygens (including phenoxy) is 1. The number of aliphatic imine (C=N–C) groups is 1.